The highest BCUT2D eigenvalue weighted by atomic mass is 35.5. The molecule has 0 aliphatic carbocycles. The summed E-state index contributed by atoms with van der Waals surface area (Å²) in [4.78, 5) is 30.9. The summed E-state index contributed by atoms with van der Waals surface area (Å²) in [7, 11) is 0. The topological polar surface area (TPSA) is 110 Å². The molecule has 7 nitrogen and oxygen atoms in total. The van der Waals surface area contributed by atoms with E-state index in [-0.39, 0.29) is 24.1 Å². The van der Waals surface area contributed by atoms with Crippen molar-refractivity contribution in [1.29, 1.82) is 0 Å². The molecule has 0 atom stereocenters. The van der Waals surface area contributed by atoms with E-state index >= 15 is 0 Å². The third kappa shape index (κ3) is 3.40. The van der Waals surface area contributed by atoms with E-state index in [9.17, 15) is 9.59 Å². The number of amides is 2. The van der Waals surface area contributed by atoms with Crippen molar-refractivity contribution in [3.63, 3.8) is 0 Å². The highest BCUT2D eigenvalue weighted by Crippen LogP contribution is 2.20. The van der Waals surface area contributed by atoms with Crippen LogP contribution in [0, 0.1) is 0 Å². The van der Waals surface area contributed by atoms with Crippen LogP contribution in [0.5, 0.6) is 0 Å². The predicted molar refractivity (Wildman–Crippen MR) is 75.2 cm³/mol. The molecule has 1 aromatic heterocycles. The fraction of sp³-hybridized carbons (Fsp3) is 0.167. The number of aromatic nitrogens is 2. The van der Waals surface area contributed by atoms with Crippen molar-refractivity contribution in [3.8, 4) is 0 Å². The molecule has 0 saturated heterocycles. The van der Waals surface area contributed by atoms with Gasteiger partial charge >= 0.3 is 0 Å². The number of fused-ring (bicyclic) bond motifs is 1. The standard InChI is InChI=1S/C12H12ClN5O2/c13-11-12(18-10(20)6-15-9(19)5-14)17-8-4-2-1-3-7(8)16-11/h1-4H,5-6,14H2,(H,15,19)(H,17,18,20). The summed E-state index contributed by atoms with van der Waals surface area (Å²) >= 11 is 5.94. The monoisotopic (exact) mass is 293 g/mol. The molecule has 2 rings (SSSR count). The van der Waals surface area contributed by atoms with Gasteiger partial charge < -0.3 is 16.4 Å². The Bertz CT molecular complexity index is 661. The second-order valence-corrected chi connectivity index (χ2v) is 4.24. The van der Waals surface area contributed by atoms with E-state index in [2.05, 4.69) is 20.6 Å². The molecule has 104 valence electrons. The van der Waals surface area contributed by atoms with Crippen LogP contribution in [0.2, 0.25) is 5.15 Å². The van der Waals surface area contributed by atoms with Crippen LogP contribution in [-0.4, -0.2) is 34.9 Å². The van der Waals surface area contributed by atoms with Crippen molar-refractivity contribution < 1.29 is 9.59 Å². The zero-order valence-corrected chi connectivity index (χ0v) is 11.1. The summed E-state index contributed by atoms with van der Waals surface area (Å²) in [5.74, 6) is -0.730. The van der Waals surface area contributed by atoms with Crippen LogP contribution in [0.4, 0.5) is 5.82 Å². The predicted octanol–water partition coefficient (Wildman–Crippen LogP) is 0.297. The van der Waals surface area contributed by atoms with Crippen molar-refractivity contribution >= 4 is 40.3 Å². The number of benzene rings is 1. The van der Waals surface area contributed by atoms with Gasteiger partial charge in [-0.1, -0.05) is 23.7 Å². The van der Waals surface area contributed by atoms with E-state index < -0.39 is 11.8 Å². The molecular weight excluding hydrogens is 282 g/mol. The third-order valence-corrected chi connectivity index (χ3v) is 2.68. The Morgan fingerprint density at radius 3 is 2.45 bits per heavy atom. The van der Waals surface area contributed by atoms with Gasteiger partial charge in [0, 0.05) is 0 Å². The molecule has 1 heterocycles. The second kappa shape index (κ2) is 6.27. The van der Waals surface area contributed by atoms with Crippen molar-refractivity contribution in [2.24, 2.45) is 5.73 Å². The Kier molecular flexibility index (Phi) is 4.44. The molecule has 0 aliphatic heterocycles. The highest BCUT2D eigenvalue weighted by molar-refractivity contribution is 6.32. The lowest BCUT2D eigenvalue weighted by atomic mass is 10.3. The summed E-state index contributed by atoms with van der Waals surface area (Å²) in [5, 5.41) is 4.91. The number of carbonyl (C=O) groups is 2. The molecule has 8 heteroatoms. The van der Waals surface area contributed by atoms with E-state index in [1.54, 1.807) is 18.2 Å². The van der Waals surface area contributed by atoms with Gasteiger partial charge in [-0.25, -0.2) is 9.97 Å². The van der Waals surface area contributed by atoms with Gasteiger partial charge in [-0.15, -0.1) is 0 Å². The van der Waals surface area contributed by atoms with Gasteiger partial charge in [0.15, 0.2) is 11.0 Å². The fourth-order valence-electron chi connectivity index (χ4n) is 1.49. The minimum Gasteiger partial charge on any atom is -0.346 e. The molecule has 20 heavy (non-hydrogen) atoms. The first-order chi connectivity index (χ1) is 9.60. The molecule has 4 N–H and O–H groups in total. The largest absolute Gasteiger partial charge is 0.346 e. The van der Waals surface area contributed by atoms with Crippen LogP contribution in [0.25, 0.3) is 11.0 Å². The number of nitrogens with zero attached hydrogens (tertiary/aromatic N) is 2. The summed E-state index contributed by atoms with van der Waals surface area (Å²) in [5.41, 5.74) is 6.35. The quantitative estimate of drug-likeness (QED) is 0.751. The van der Waals surface area contributed by atoms with E-state index in [0.717, 1.165) is 0 Å². The number of nitrogens with one attached hydrogen (secondary N) is 2. The third-order valence-electron chi connectivity index (χ3n) is 2.42. The zero-order valence-electron chi connectivity index (χ0n) is 10.4. The fourth-order valence-corrected chi connectivity index (χ4v) is 1.67. The Hall–Kier alpha value is -2.25. The minimum absolute atomic E-state index is 0.0854. The highest BCUT2D eigenvalue weighted by Gasteiger charge is 2.10. The Morgan fingerprint density at radius 2 is 1.80 bits per heavy atom. The molecule has 0 spiro atoms. The van der Waals surface area contributed by atoms with Gasteiger partial charge in [-0.2, -0.15) is 0 Å². The number of para-hydroxylation sites is 2. The van der Waals surface area contributed by atoms with Crippen LogP contribution in [0.15, 0.2) is 24.3 Å². The van der Waals surface area contributed by atoms with Gasteiger partial charge in [0.2, 0.25) is 11.8 Å². The maximum absolute atomic E-state index is 11.6. The van der Waals surface area contributed by atoms with Crippen molar-refractivity contribution in [3.05, 3.63) is 29.4 Å². The Morgan fingerprint density at radius 1 is 1.15 bits per heavy atom. The maximum atomic E-state index is 11.6. The normalized spacial score (nSPS) is 10.3. The number of hydrogen-bond donors (Lipinski definition) is 3. The Balaban J connectivity index is 2.11. The minimum atomic E-state index is -0.460. The van der Waals surface area contributed by atoms with E-state index in [1.165, 1.54) is 0 Å². The number of hydrogen-bond acceptors (Lipinski definition) is 5. The average Bonchev–Trinajstić information content (AvgIpc) is 2.45. The van der Waals surface area contributed by atoms with Gasteiger partial charge in [0.1, 0.15) is 0 Å². The van der Waals surface area contributed by atoms with E-state index in [4.69, 9.17) is 17.3 Å². The van der Waals surface area contributed by atoms with Gasteiger partial charge in [-0.3, -0.25) is 9.59 Å². The summed E-state index contributed by atoms with van der Waals surface area (Å²) in [6, 6.07) is 7.14. The smallest absolute Gasteiger partial charge is 0.245 e. The van der Waals surface area contributed by atoms with Crippen molar-refractivity contribution in [1.82, 2.24) is 15.3 Å². The molecule has 0 bridgehead atoms. The molecule has 2 aromatic rings. The zero-order chi connectivity index (χ0) is 14.5. The second-order valence-electron chi connectivity index (χ2n) is 3.88. The van der Waals surface area contributed by atoms with E-state index in [0.29, 0.717) is 11.0 Å². The molecule has 0 fully saturated rings. The number of anilines is 1. The van der Waals surface area contributed by atoms with Crippen LogP contribution < -0.4 is 16.4 Å². The summed E-state index contributed by atoms with van der Waals surface area (Å²) in [6.07, 6.45) is 0. The average molecular weight is 294 g/mol. The number of halogens is 1. The maximum Gasteiger partial charge on any atom is 0.245 e. The lowest BCUT2D eigenvalue weighted by molar-refractivity contribution is -0.123. The summed E-state index contributed by atoms with van der Waals surface area (Å²) < 4.78 is 0. The summed E-state index contributed by atoms with van der Waals surface area (Å²) in [6.45, 7) is -0.384. The molecule has 0 radical (unpaired) electrons. The lowest BCUT2D eigenvalue weighted by Gasteiger charge is -2.07. The van der Waals surface area contributed by atoms with Crippen LogP contribution in [-0.2, 0) is 9.59 Å². The van der Waals surface area contributed by atoms with Crippen molar-refractivity contribution in [2.45, 2.75) is 0 Å². The number of nitrogens with two attached hydrogens (primary N) is 1. The molecular formula is C12H12ClN5O2. The van der Waals surface area contributed by atoms with Gasteiger partial charge in [0.05, 0.1) is 24.1 Å². The van der Waals surface area contributed by atoms with Gasteiger partial charge in [0.25, 0.3) is 0 Å². The first-order valence-corrected chi connectivity index (χ1v) is 6.17. The van der Waals surface area contributed by atoms with Gasteiger partial charge in [-0.05, 0) is 12.1 Å². The number of rotatable bonds is 4. The van der Waals surface area contributed by atoms with Crippen LogP contribution >= 0.6 is 11.6 Å². The molecule has 1 aromatic carbocycles. The van der Waals surface area contributed by atoms with Crippen LogP contribution in [0.3, 0.4) is 0 Å². The molecule has 0 saturated carbocycles. The first kappa shape index (κ1) is 14.2. The molecule has 2 amide bonds. The SMILES string of the molecule is NCC(=O)NCC(=O)Nc1nc2ccccc2nc1Cl. The van der Waals surface area contributed by atoms with Crippen molar-refractivity contribution in [2.75, 3.05) is 18.4 Å². The van der Waals surface area contributed by atoms with Crippen LogP contribution in [0.1, 0.15) is 0 Å². The molecule has 0 aliphatic rings. The lowest BCUT2D eigenvalue weighted by Crippen LogP contribution is -2.36. The van der Waals surface area contributed by atoms with E-state index in [1.807, 2.05) is 6.07 Å². The Labute approximate surface area is 119 Å². The first-order valence-electron chi connectivity index (χ1n) is 5.79. The molecule has 0 unspecified atom stereocenters. The number of carbonyl (C=O) groups excluding carboxylic acids is 2.